The first-order chi connectivity index (χ1) is 15.6. The summed E-state index contributed by atoms with van der Waals surface area (Å²) in [5.41, 5.74) is 3.26. The van der Waals surface area contributed by atoms with Crippen LogP contribution in [0.2, 0.25) is 0 Å². The van der Waals surface area contributed by atoms with Crippen LogP contribution >= 0.6 is 11.3 Å². The van der Waals surface area contributed by atoms with Crippen molar-refractivity contribution in [3.05, 3.63) is 71.7 Å². The fraction of sp³-hybridized carbons (Fsp3) is 0.167. The minimum Gasteiger partial charge on any atom is -0.494 e. The molecule has 2 heterocycles. The number of pyridine rings is 1. The average Bonchev–Trinajstić information content (AvgIpc) is 3.20. The van der Waals surface area contributed by atoms with Gasteiger partial charge in [0.15, 0.2) is 0 Å². The summed E-state index contributed by atoms with van der Waals surface area (Å²) in [6.45, 7) is 2.31. The molecule has 0 aliphatic heterocycles. The smallest absolute Gasteiger partial charge is 0.243 e. The van der Waals surface area contributed by atoms with Crippen molar-refractivity contribution in [2.45, 2.75) is 13.3 Å². The number of fused-ring (bicyclic) bond motifs is 1. The third kappa shape index (κ3) is 5.47. The van der Waals surface area contributed by atoms with Crippen LogP contribution in [0, 0.1) is 0 Å². The number of anilines is 1. The molecule has 0 aliphatic rings. The molecule has 2 amide bonds. The Hall–Kier alpha value is -3.78. The molecule has 2 aromatic carbocycles. The Balaban J connectivity index is 1.32. The Morgan fingerprint density at radius 3 is 2.62 bits per heavy atom. The molecule has 2 N–H and O–H groups in total. The second-order valence-corrected chi connectivity index (χ2v) is 8.02. The second kappa shape index (κ2) is 10.0. The number of rotatable bonds is 8. The summed E-state index contributed by atoms with van der Waals surface area (Å²) in [4.78, 5) is 34.4. The molecule has 0 fully saturated rings. The summed E-state index contributed by atoms with van der Waals surface area (Å²) in [6, 6.07) is 20.8. The number of carbonyl (C=O) groups is 2. The first-order valence-electron chi connectivity index (χ1n) is 10.2. The predicted molar refractivity (Wildman–Crippen MR) is 126 cm³/mol. The Labute approximate surface area is 189 Å². The maximum Gasteiger partial charge on any atom is 0.243 e. The van der Waals surface area contributed by atoms with E-state index < -0.39 is 0 Å². The van der Waals surface area contributed by atoms with Gasteiger partial charge in [-0.1, -0.05) is 47.7 Å². The van der Waals surface area contributed by atoms with Crippen LogP contribution in [0.4, 0.5) is 5.69 Å². The molecule has 0 saturated heterocycles. The highest BCUT2D eigenvalue weighted by Crippen LogP contribution is 2.25. The van der Waals surface area contributed by atoms with Gasteiger partial charge in [0, 0.05) is 17.3 Å². The van der Waals surface area contributed by atoms with Gasteiger partial charge in [0.05, 0.1) is 25.3 Å². The summed E-state index contributed by atoms with van der Waals surface area (Å²) >= 11 is 1.38. The van der Waals surface area contributed by atoms with E-state index in [4.69, 9.17) is 4.74 Å². The standard InChI is InChI=1S/C24H22N4O3S/c1-2-31-18-10-6-9-17(13-18)26-22(30)15-25-21(29)14-23-27-20-12-11-19(28-24(20)32-23)16-7-4-3-5-8-16/h3-13H,2,14-15H2,1H3,(H,25,29)(H,26,30). The molecule has 0 atom stereocenters. The van der Waals surface area contributed by atoms with E-state index >= 15 is 0 Å². The first kappa shape index (κ1) is 21.5. The quantitative estimate of drug-likeness (QED) is 0.426. The molecule has 0 bridgehead atoms. The van der Waals surface area contributed by atoms with Crippen molar-refractivity contribution >= 4 is 39.2 Å². The van der Waals surface area contributed by atoms with Crippen LogP contribution in [0.25, 0.3) is 21.6 Å². The molecule has 0 spiro atoms. The minimum absolute atomic E-state index is 0.0921. The molecule has 0 aliphatic carbocycles. The molecule has 0 radical (unpaired) electrons. The maximum atomic E-state index is 12.3. The third-order valence-electron chi connectivity index (χ3n) is 4.56. The van der Waals surface area contributed by atoms with Crippen LogP contribution in [0.1, 0.15) is 11.9 Å². The van der Waals surface area contributed by atoms with Crippen molar-refractivity contribution < 1.29 is 14.3 Å². The van der Waals surface area contributed by atoms with Crippen LogP contribution in [-0.4, -0.2) is 34.9 Å². The number of benzene rings is 2. The summed E-state index contributed by atoms with van der Waals surface area (Å²) in [7, 11) is 0. The molecule has 4 aromatic rings. The highest BCUT2D eigenvalue weighted by molar-refractivity contribution is 7.18. The summed E-state index contributed by atoms with van der Waals surface area (Å²) in [5, 5.41) is 6.04. The van der Waals surface area contributed by atoms with Gasteiger partial charge < -0.3 is 15.4 Å². The van der Waals surface area contributed by atoms with E-state index in [1.807, 2.05) is 55.5 Å². The van der Waals surface area contributed by atoms with Crippen LogP contribution in [0.5, 0.6) is 5.75 Å². The Kier molecular flexibility index (Phi) is 6.72. The normalized spacial score (nSPS) is 10.7. The number of amides is 2. The van der Waals surface area contributed by atoms with Gasteiger partial charge >= 0.3 is 0 Å². The van der Waals surface area contributed by atoms with Crippen LogP contribution in [-0.2, 0) is 16.0 Å². The van der Waals surface area contributed by atoms with Crippen molar-refractivity contribution in [1.29, 1.82) is 0 Å². The molecule has 2 aromatic heterocycles. The molecule has 4 rings (SSSR count). The van der Waals surface area contributed by atoms with Crippen molar-refractivity contribution in [2.75, 3.05) is 18.5 Å². The fourth-order valence-electron chi connectivity index (χ4n) is 3.12. The van der Waals surface area contributed by atoms with Gasteiger partial charge in [-0.3, -0.25) is 9.59 Å². The molecule has 0 saturated carbocycles. The molecule has 0 unspecified atom stereocenters. The van der Waals surface area contributed by atoms with E-state index in [0.717, 1.165) is 21.6 Å². The lowest BCUT2D eigenvalue weighted by Gasteiger charge is -2.08. The van der Waals surface area contributed by atoms with E-state index in [2.05, 4.69) is 20.6 Å². The van der Waals surface area contributed by atoms with Crippen molar-refractivity contribution in [3.8, 4) is 17.0 Å². The predicted octanol–water partition coefficient (Wildman–Crippen LogP) is 4.05. The van der Waals surface area contributed by atoms with Gasteiger partial charge in [0.2, 0.25) is 11.8 Å². The number of hydrogen-bond acceptors (Lipinski definition) is 6. The monoisotopic (exact) mass is 446 g/mol. The fourth-order valence-corrected chi connectivity index (χ4v) is 4.05. The molecular formula is C24H22N4O3S. The van der Waals surface area contributed by atoms with Crippen molar-refractivity contribution in [2.24, 2.45) is 0 Å². The number of aromatic nitrogens is 2. The Bertz CT molecular complexity index is 1240. The van der Waals surface area contributed by atoms with Gasteiger partial charge in [-0.05, 0) is 31.2 Å². The lowest BCUT2D eigenvalue weighted by atomic mass is 10.1. The van der Waals surface area contributed by atoms with Crippen LogP contribution in [0.3, 0.4) is 0 Å². The lowest BCUT2D eigenvalue weighted by molar-refractivity contribution is -0.123. The van der Waals surface area contributed by atoms with E-state index in [9.17, 15) is 9.59 Å². The Morgan fingerprint density at radius 2 is 1.81 bits per heavy atom. The van der Waals surface area contributed by atoms with Crippen LogP contribution in [0.15, 0.2) is 66.7 Å². The maximum absolute atomic E-state index is 12.3. The number of carbonyl (C=O) groups excluding carboxylic acids is 2. The number of hydrogen-bond donors (Lipinski definition) is 2. The van der Waals surface area contributed by atoms with Gasteiger partial charge in [-0.15, -0.1) is 0 Å². The second-order valence-electron chi connectivity index (χ2n) is 6.96. The summed E-state index contributed by atoms with van der Waals surface area (Å²) in [5.74, 6) is 0.0882. The average molecular weight is 447 g/mol. The number of nitrogens with one attached hydrogen (secondary N) is 2. The molecule has 8 heteroatoms. The molecule has 162 valence electrons. The van der Waals surface area contributed by atoms with Gasteiger partial charge in [0.25, 0.3) is 0 Å². The van der Waals surface area contributed by atoms with Crippen LogP contribution < -0.4 is 15.4 Å². The SMILES string of the molecule is CCOc1cccc(NC(=O)CNC(=O)Cc2nc3ccc(-c4ccccc4)nc3s2)c1. The van der Waals surface area contributed by atoms with Crippen molar-refractivity contribution in [1.82, 2.24) is 15.3 Å². The Morgan fingerprint density at radius 1 is 0.969 bits per heavy atom. The van der Waals surface area contributed by atoms with E-state index in [1.54, 1.807) is 18.2 Å². The molecule has 32 heavy (non-hydrogen) atoms. The topological polar surface area (TPSA) is 93.2 Å². The number of nitrogens with zero attached hydrogens (tertiary/aromatic N) is 2. The highest BCUT2D eigenvalue weighted by atomic mass is 32.1. The zero-order chi connectivity index (χ0) is 22.3. The van der Waals surface area contributed by atoms with Gasteiger partial charge in [-0.25, -0.2) is 9.97 Å². The van der Waals surface area contributed by atoms with Crippen molar-refractivity contribution in [3.63, 3.8) is 0 Å². The summed E-state index contributed by atoms with van der Waals surface area (Å²) in [6.07, 6.45) is 0.0921. The number of ether oxygens (including phenoxy) is 1. The largest absolute Gasteiger partial charge is 0.494 e. The minimum atomic E-state index is -0.314. The number of thiazole rings is 1. The zero-order valence-corrected chi connectivity index (χ0v) is 18.3. The third-order valence-corrected chi connectivity index (χ3v) is 5.52. The summed E-state index contributed by atoms with van der Waals surface area (Å²) < 4.78 is 5.42. The molecule has 7 nitrogen and oxygen atoms in total. The van der Waals surface area contributed by atoms with E-state index in [1.165, 1.54) is 11.3 Å². The zero-order valence-electron chi connectivity index (χ0n) is 17.5. The first-order valence-corrected chi connectivity index (χ1v) is 11.0. The van der Waals surface area contributed by atoms with E-state index in [-0.39, 0.29) is 24.8 Å². The van der Waals surface area contributed by atoms with E-state index in [0.29, 0.717) is 23.1 Å². The lowest BCUT2D eigenvalue weighted by Crippen LogP contribution is -2.33. The highest BCUT2D eigenvalue weighted by Gasteiger charge is 2.12. The van der Waals surface area contributed by atoms with Gasteiger partial charge in [-0.2, -0.15) is 0 Å². The molecular weight excluding hydrogens is 424 g/mol. The van der Waals surface area contributed by atoms with Gasteiger partial charge in [0.1, 0.15) is 21.1 Å².